The van der Waals surface area contributed by atoms with Crippen LogP contribution in [-0.4, -0.2) is 30.1 Å². The number of hydrogen-bond donors (Lipinski definition) is 1. The second-order valence-electron chi connectivity index (χ2n) is 3.44. The van der Waals surface area contributed by atoms with E-state index >= 15 is 0 Å². The summed E-state index contributed by atoms with van der Waals surface area (Å²) >= 11 is 8.91. The molecular weight excluding hydrogens is 360 g/mol. The zero-order valence-electron chi connectivity index (χ0n) is 9.38. The van der Waals surface area contributed by atoms with Crippen molar-refractivity contribution in [3.63, 3.8) is 0 Å². The van der Waals surface area contributed by atoms with Crippen LogP contribution in [-0.2, 0) is 16.4 Å². The van der Waals surface area contributed by atoms with E-state index in [4.69, 9.17) is 11.6 Å². The standard InChI is InChI=1S/C9H8BrClN4O3S/c10-6-3-7(9(11)12-4-6)19(16,17)14-2-1-8-13-5-18-15-8/h3-5,14H,1-2H2. The molecule has 0 aliphatic carbocycles. The molecule has 0 atom stereocenters. The topological polar surface area (TPSA) is 98.0 Å². The van der Waals surface area contributed by atoms with E-state index in [1.807, 2.05) is 0 Å². The Bertz CT molecular complexity index is 662. The third-order valence-corrected chi connectivity index (χ3v) is 4.43. The van der Waals surface area contributed by atoms with E-state index in [0.29, 0.717) is 16.7 Å². The van der Waals surface area contributed by atoms with E-state index in [1.54, 1.807) is 0 Å². The van der Waals surface area contributed by atoms with Gasteiger partial charge in [-0.25, -0.2) is 18.1 Å². The first-order valence-corrected chi connectivity index (χ1v) is 7.70. The molecule has 2 rings (SSSR count). The van der Waals surface area contributed by atoms with Crippen LogP contribution in [0.2, 0.25) is 5.15 Å². The van der Waals surface area contributed by atoms with Crippen molar-refractivity contribution in [2.75, 3.05) is 6.54 Å². The summed E-state index contributed by atoms with van der Waals surface area (Å²) in [6, 6.07) is 1.38. The van der Waals surface area contributed by atoms with Gasteiger partial charge in [0.05, 0.1) is 0 Å². The Morgan fingerprint density at radius 2 is 2.21 bits per heavy atom. The highest BCUT2D eigenvalue weighted by atomic mass is 79.9. The van der Waals surface area contributed by atoms with Gasteiger partial charge in [0.2, 0.25) is 16.4 Å². The molecule has 7 nitrogen and oxygen atoms in total. The molecule has 19 heavy (non-hydrogen) atoms. The Balaban J connectivity index is 2.07. The van der Waals surface area contributed by atoms with Gasteiger partial charge in [-0.1, -0.05) is 16.8 Å². The lowest BCUT2D eigenvalue weighted by Gasteiger charge is -2.07. The molecule has 1 N–H and O–H groups in total. The first kappa shape index (κ1) is 14.4. The molecule has 0 bridgehead atoms. The van der Waals surface area contributed by atoms with E-state index in [0.717, 1.165) is 0 Å². The predicted octanol–water partition coefficient (Wildman–Crippen LogP) is 1.40. The maximum atomic E-state index is 12.0. The SMILES string of the molecule is O=S(=O)(NCCc1ncon1)c1cc(Br)cnc1Cl. The van der Waals surface area contributed by atoms with Gasteiger partial charge in [0, 0.05) is 23.6 Å². The highest BCUT2D eigenvalue weighted by Gasteiger charge is 2.19. The fourth-order valence-corrected chi connectivity index (χ4v) is 3.24. The van der Waals surface area contributed by atoms with Crippen molar-refractivity contribution < 1.29 is 12.9 Å². The molecule has 0 aliphatic heterocycles. The quantitative estimate of drug-likeness (QED) is 0.802. The maximum Gasteiger partial charge on any atom is 0.243 e. The Hall–Kier alpha value is -1.03. The molecule has 10 heteroatoms. The van der Waals surface area contributed by atoms with Gasteiger partial charge < -0.3 is 4.52 Å². The highest BCUT2D eigenvalue weighted by molar-refractivity contribution is 9.10. The van der Waals surface area contributed by atoms with Gasteiger partial charge >= 0.3 is 0 Å². The minimum absolute atomic E-state index is 0.0864. The third kappa shape index (κ3) is 3.72. The fourth-order valence-electron chi connectivity index (χ4n) is 1.27. The van der Waals surface area contributed by atoms with E-state index in [-0.39, 0.29) is 16.6 Å². The number of nitrogens with one attached hydrogen (secondary N) is 1. The van der Waals surface area contributed by atoms with Crippen molar-refractivity contribution >= 4 is 37.6 Å². The minimum Gasteiger partial charge on any atom is -0.343 e. The predicted molar refractivity (Wildman–Crippen MR) is 70.1 cm³/mol. The van der Waals surface area contributed by atoms with Gasteiger partial charge in [-0.05, 0) is 22.0 Å². The number of rotatable bonds is 5. The third-order valence-electron chi connectivity index (χ3n) is 2.11. The number of halogens is 2. The second kappa shape index (κ2) is 5.95. The minimum atomic E-state index is -3.73. The van der Waals surface area contributed by atoms with Crippen molar-refractivity contribution in [1.82, 2.24) is 19.8 Å². The van der Waals surface area contributed by atoms with Crippen LogP contribution < -0.4 is 4.72 Å². The van der Waals surface area contributed by atoms with Crippen LogP contribution in [0, 0.1) is 0 Å². The van der Waals surface area contributed by atoms with Crippen molar-refractivity contribution in [3.05, 3.63) is 34.1 Å². The molecular formula is C9H8BrClN4O3S. The molecule has 2 aromatic heterocycles. The zero-order valence-corrected chi connectivity index (χ0v) is 12.5. The lowest BCUT2D eigenvalue weighted by molar-refractivity contribution is 0.410. The fraction of sp³-hybridized carbons (Fsp3) is 0.222. The van der Waals surface area contributed by atoms with Crippen molar-refractivity contribution in [3.8, 4) is 0 Å². The van der Waals surface area contributed by atoms with Crippen LogP contribution in [0.1, 0.15) is 5.82 Å². The average molecular weight is 368 g/mol. The van der Waals surface area contributed by atoms with Gasteiger partial charge in [0.25, 0.3) is 0 Å². The summed E-state index contributed by atoms with van der Waals surface area (Å²) in [5, 5.41) is 3.49. The molecule has 0 aliphatic rings. The molecule has 0 fully saturated rings. The molecule has 2 heterocycles. The van der Waals surface area contributed by atoms with Gasteiger partial charge in [-0.3, -0.25) is 0 Å². The van der Waals surface area contributed by atoms with E-state index < -0.39 is 10.0 Å². The molecule has 2 aromatic rings. The maximum absolute atomic E-state index is 12.0. The van der Waals surface area contributed by atoms with E-state index in [1.165, 1.54) is 18.7 Å². The molecule has 0 aromatic carbocycles. The normalized spacial score (nSPS) is 11.7. The van der Waals surface area contributed by atoms with Gasteiger partial charge in [-0.2, -0.15) is 4.98 Å². The summed E-state index contributed by atoms with van der Waals surface area (Å²) in [7, 11) is -3.73. The zero-order chi connectivity index (χ0) is 13.9. The molecule has 0 saturated heterocycles. The van der Waals surface area contributed by atoms with Crippen LogP contribution in [0.4, 0.5) is 0 Å². The van der Waals surface area contributed by atoms with Crippen LogP contribution in [0.5, 0.6) is 0 Å². The van der Waals surface area contributed by atoms with Crippen LogP contribution in [0.25, 0.3) is 0 Å². The number of hydrogen-bond acceptors (Lipinski definition) is 6. The van der Waals surface area contributed by atoms with Gasteiger partial charge in [-0.15, -0.1) is 0 Å². The summed E-state index contributed by atoms with van der Waals surface area (Å²) in [4.78, 5) is 7.46. The Morgan fingerprint density at radius 1 is 1.42 bits per heavy atom. The summed E-state index contributed by atoms with van der Waals surface area (Å²) in [6.45, 7) is 0.130. The lowest BCUT2D eigenvalue weighted by atomic mass is 10.4. The monoisotopic (exact) mass is 366 g/mol. The average Bonchev–Trinajstić information content (AvgIpc) is 2.85. The smallest absolute Gasteiger partial charge is 0.243 e. The Morgan fingerprint density at radius 3 is 2.89 bits per heavy atom. The van der Waals surface area contributed by atoms with Crippen LogP contribution >= 0.6 is 27.5 Å². The Labute approximate surface area is 122 Å². The van der Waals surface area contributed by atoms with E-state index in [9.17, 15) is 8.42 Å². The van der Waals surface area contributed by atoms with Crippen LogP contribution in [0.15, 0.2) is 32.5 Å². The second-order valence-corrected chi connectivity index (χ2v) is 6.45. The van der Waals surface area contributed by atoms with E-state index in [2.05, 4.69) is 40.3 Å². The lowest BCUT2D eigenvalue weighted by Crippen LogP contribution is -2.26. The molecule has 0 amide bonds. The number of aromatic nitrogens is 3. The Kier molecular flexibility index (Phi) is 4.50. The largest absolute Gasteiger partial charge is 0.343 e. The van der Waals surface area contributed by atoms with Crippen molar-refractivity contribution in [1.29, 1.82) is 0 Å². The summed E-state index contributed by atoms with van der Waals surface area (Å²) in [5.41, 5.74) is 0. The number of nitrogens with zero attached hydrogens (tertiary/aromatic N) is 3. The van der Waals surface area contributed by atoms with Crippen molar-refractivity contribution in [2.24, 2.45) is 0 Å². The van der Waals surface area contributed by atoms with Gasteiger partial charge in [0.1, 0.15) is 10.0 Å². The molecule has 102 valence electrons. The summed E-state index contributed by atoms with van der Waals surface area (Å²) < 4.78 is 31.5. The molecule has 0 saturated carbocycles. The number of sulfonamides is 1. The van der Waals surface area contributed by atoms with Gasteiger partial charge in [0.15, 0.2) is 5.82 Å². The summed E-state index contributed by atoms with van der Waals surface area (Å²) in [5.74, 6) is 0.418. The summed E-state index contributed by atoms with van der Waals surface area (Å²) in [6.07, 6.45) is 2.91. The molecule has 0 spiro atoms. The number of pyridine rings is 1. The highest BCUT2D eigenvalue weighted by Crippen LogP contribution is 2.22. The van der Waals surface area contributed by atoms with Crippen molar-refractivity contribution in [2.45, 2.75) is 11.3 Å². The first-order valence-electron chi connectivity index (χ1n) is 5.05. The van der Waals surface area contributed by atoms with Crippen LogP contribution in [0.3, 0.4) is 0 Å². The molecule has 0 radical (unpaired) electrons. The molecule has 0 unspecified atom stereocenters. The first-order chi connectivity index (χ1) is 8.99.